The van der Waals surface area contributed by atoms with Crippen LogP contribution in [0.4, 0.5) is 0 Å². The van der Waals surface area contributed by atoms with E-state index in [1.54, 1.807) is 0 Å². The molecule has 0 radical (unpaired) electrons. The summed E-state index contributed by atoms with van der Waals surface area (Å²) < 4.78 is 0. The van der Waals surface area contributed by atoms with E-state index in [0.29, 0.717) is 17.6 Å². The third-order valence-corrected chi connectivity index (χ3v) is 4.71. The fraction of sp³-hybridized carbons (Fsp3) is 0.632. The molecule has 1 aromatic rings. The molecule has 1 nitrogen and oxygen atoms in total. The van der Waals surface area contributed by atoms with Crippen LogP contribution in [0.25, 0.3) is 0 Å². The maximum atomic E-state index is 11.4. The van der Waals surface area contributed by atoms with Crippen molar-refractivity contribution in [1.82, 2.24) is 0 Å². The summed E-state index contributed by atoms with van der Waals surface area (Å²) in [5.74, 6) is 1.57. The number of carbonyl (C=O) groups excluding carboxylic acids is 1. The summed E-state index contributed by atoms with van der Waals surface area (Å²) in [6.45, 7) is 4.59. The average Bonchev–Trinajstić information content (AvgIpc) is 2.90. The molecule has 0 saturated heterocycles. The van der Waals surface area contributed by atoms with E-state index in [-0.39, 0.29) is 0 Å². The molecule has 2 unspecified atom stereocenters. The number of hydrogen-bond acceptors (Lipinski definition) is 1. The molecule has 0 bridgehead atoms. The summed E-state index contributed by atoms with van der Waals surface area (Å²) in [5, 5.41) is 0. The van der Waals surface area contributed by atoms with Crippen LogP contribution < -0.4 is 0 Å². The Labute approximate surface area is 123 Å². The molecule has 2 rings (SSSR count). The molecule has 20 heavy (non-hydrogen) atoms. The number of unbranched alkanes of at least 4 members (excludes halogenated alkanes) is 3. The predicted octanol–water partition coefficient (Wildman–Crippen LogP) is 5.60. The molecule has 0 aromatic heterocycles. The van der Waals surface area contributed by atoms with Gasteiger partial charge < -0.3 is 0 Å². The number of hydrogen-bond donors (Lipinski definition) is 0. The van der Waals surface area contributed by atoms with Crippen LogP contribution in [-0.2, 0) is 4.79 Å². The molecule has 0 heterocycles. The lowest BCUT2D eigenvalue weighted by Crippen LogP contribution is -1.97. The van der Waals surface area contributed by atoms with Crippen molar-refractivity contribution < 1.29 is 4.79 Å². The van der Waals surface area contributed by atoms with Crippen LogP contribution in [0, 0.1) is 0 Å². The highest BCUT2D eigenvalue weighted by molar-refractivity contribution is 5.81. The fourth-order valence-corrected chi connectivity index (χ4v) is 3.24. The van der Waals surface area contributed by atoms with Crippen molar-refractivity contribution in [1.29, 1.82) is 0 Å². The van der Waals surface area contributed by atoms with Gasteiger partial charge in [0.25, 0.3) is 0 Å². The van der Waals surface area contributed by atoms with Crippen LogP contribution in [0.5, 0.6) is 0 Å². The highest BCUT2D eigenvalue weighted by Gasteiger charge is 2.23. The van der Waals surface area contributed by atoms with E-state index in [9.17, 15) is 4.79 Å². The van der Waals surface area contributed by atoms with Crippen molar-refractivity contribution in [3.8, 4) is 0 Å². The minimum Gasteiger partial charge on any atom is -0.300 e. The molecule has 1 aliphatic carbocycles. The maximum Gasteiger partial charge on any atom is 0.133 e. The van der Waals surface area contributed by atoms with Gasteiger partial charge in [0.1, 0.15) is 5.78 Å². The summed E-state index contributed by atoms with van der Waals surface area (Å²) in [5.41, 5.74) is 2.81. The number of Topliss-reactive ketones (excluding diaryl/α,β-unsaturated/α-hetero) is 1. The van der Waals surface area contributed by atoms with Crippen LogP contribution in [0.15, 0.2) is 24.3 Å². The predicted molar refractivity (Wildman–Crippen MR) is 85.2 cm³/mol. The quantitative estimate of drug-likeness (QED) is 0.591. The smallest absolute Gasteiger partial charge is 0.133 e. The van der Waals surface area contributed by atoms with Gasteiger partial charge in [0, 0.05) is 12.8 Å². The van der Waals surface area contributed by atoms with E-state index >= 15 is 0 Å². The third kappa shape index (κ3) is 4.19. The highest BCUT2D eigenvalue weighted by Crippen LogP contribution is 2.33. The summed E-state index contributed by atoms with van der Waals surface area (Å²) in [6.07, 6.45) is 9.25. The molecular formula is C19H28O. The SMILES string of the molecule is CCCCCCC(C)c1ccc(C2CCC(=O)C2)cc1. The van der Waals surface area contributed by atoms with Gasteiger partial charge in [-0.15, -0.1) is 0 Å². The van der Waals surface area contributed by atoms with E-state index in [1.807, 2.05) is 0 Å². The Morgan fingerprint density at radius 3 is 2.50 bits per heavy atom. The molecular weight excluding hydrogens is 244 g/mol. The Morgan fingerprint density at radius 2 is 1.90 bits per heavy atom. The Kier molecular flexibility index (Phi) is 5.82. The Bertz CT molecular complexity index is 418. The lowest BCUT2D eigenvalue weighted by molar-refractivity contribution is -0.117. The molecule has 1 fully saturated rings. The molecule has 0 aliphatic heterocycles. The van der Waals surface area contributed by atoms with Crippen molar-refractivity contribution in [3.05, 3.63) is 35.4 Å². The molecule has 1 saturated carbocycles. The maximum absolute atomic E-state index is 11.4. The minimum atomic E-state index is 0.434. The van der Waals surface area contributed by atoms with Gasteiger partial charge in [0.2, 0.25) is 0 Å². The normalized spacial score (nSPS) is 20.3. The van der Waals surface area contributed by atoms with Gasteiger partial charge in [-0.05, 0) is 35.8 Å². The molecule has 0 N–H and O–H groups in total. The summed E-state index contributed by atoms with van der Waals surface area (Å²) in [6, 6.07) is 9.06. The summed E-state index contributed by atoms with van der Waals surface area (Å²) in [7, 11) is 0. The zero-order valence-corrected chi connectivity index (χ0v) is 13.0. The third-order valence-electron chi connectivity index (χ3n) is 4.71. The van der Waals surface area contributed by atoms with E-state index in [4.69, 9.17) is 0 Å². The van der Waals surface area contributed by atoms with Crippen molar-refractivity contribution in [2.24, 2.45) is 0 Å². The number of benzene rings is 1. The van der Waals surface area contributed by atoms with Gasteiger partial charge in [-0.1, -0.05) is 63.8 Å². The van der Waals surface area contributed by atoms with Crippen molar-refractivity contribution in [2.45, 2.75) is 77.0 Å². The Balaban J connectivity index is 1.85. The molecule has 1 aliphatic rings. The highest BCUT2D eigenvalue weighted by atomic mass is 16.1. The van der Waals surface area contributed by atoms with Gasteiger partial charge in [-0.3, -0.25) is 4.79 Å². The summed E-state index contributed by atoms with van der Waals surface area (Å²) >= 11 is 0. The zero-order chi connectivity index (χ0) is 14.4. The van der Waals surface area contributed by atoms with Gasteiger partial charge in [-0.2, -0.15) is 0 Å². The minimum absolute atomic E-state index is 0.434. The lowest BCUT2D eigenvalue weighted by Gasteiger charge is -2.14. The second-order valence-electron chi connectivity index (χ2n) is 6.40. The first-order valence-electron chi connectivity index (χ1n) is 8.32. The molecule has 1 aromatic carbocycles. The molecule has 110 valence electrons. The Hall–Kier alpha value is -1.11. The van der Waals surface area contributed by atoms with Crippen molar-refractivity contribution >= 4 is 5.78 Å². The van der Waals surface area contributed by atoms with E-state index < -0.39 is 0 Å². The molecule has 0 amide bonds. The average molecular weight is 272 g/mol. The van der Waals surface area contributed by atoms with Gasteiger partial charge in [0.05, 0.1) is 0 Å². The standard InChI is InChI=1S/C19H28O/c1-3-4-5-6-7-15(2)16-8-10-17(11-9-16)18-12-13-19(20)14-18/h8-11,15,18H,3-7,12-14H2,1-2H3. The zero-order valence-electron chi connectivity index (χ0n) is 13.0. The Morgan fingerprint density at radius 1 is 1.15 bits per heavy atom. The van der Waals surface area contributed by atoms with Crippen molar-refractivity contribution in [3.63, 3.8) is 0 Å². The number of carbonyl (C=O) groups is 1. The second kappa shape index (κ2) is 7.61. The van der Waals surface area contributed by atoms with Crippen LogP contribution in [0.2, 0.25) is 0 Å². The van der Waals surface area contributed by atoms with Crippen LogP contribution in [-0.4, -0.2) is 5.78 Å². The van der Waals surface area contributed by atoms with E-state index in [0.717, 1.165) is 19.3 Å². The number of ketones is 1. The van der Waals surface area contributed by atoms with Gasteiger partial charge >= 0.3 is 0 Å². The van der Waals surface area contributed by atoms with E-state index in [2.05, 4.69) is 38.1 Å². The topological polar surface area (TPSA) is 17.1 Å². The fourth-order valence-electron chi connectivity index (χ4n) is 3.24. The van der Waals surface area contributed by atoms with Gasteiger partial charge in [-0.25, -0.2) is 0 Å². The van der Waals surface area contributed by atoms with Gasteiger partial charge in [0.15, 0.2) is 0 Å². The molecule has 0 spiro atoms. The van der Waals surface area contributed by atoms with Crippen LogP contribution in [0.1, 0.15) is 88.2 Å². The first-order valence-corrected chi connectivity index (χ1v) is 8.32. The number of rotatable bonds is 7. The summed E-state index contributed by atoms with van der Waals surface area (Å²) in [4.78, 5) is 11.4. The monoisotopic (exact) mass is 272 g/mol. The first-order chi connectivity index (χ1) is 9.70. The van der Waals surface area contributed by atoms with Crippen LogP contribution >= 0.6 is 0 Å². The first kappa shape index (κ1) is 15.3. The van der Waals surface area contributed by atoms with Crippen molar-refractivity contribution in [2.75, 3.05) is 0 Å². The van der Waals surface area contributed by atoms with E-state index in [1.165, 1.54) is 43.2 Å². The lowest BCUT2D eigenvalue weighted by atomic mass is 9.91. The second-order valence-corrected chi connectivity index (χ2v) is 6.40. The molecule has 1 heteroatoms. The van der Waals surface area contributed by atoms with Crippen LogP contribution in [0.3, 0.4) is 0 Å². The largest absolute Gasteiger partial charge is 0.300 e. The molecule has 2 atom stereocenters.